The lowest BCUT2D eigenvalue weighted by molar-refractivity contribution is 0.415. The van der Waals surface area contributed by atoms with Crippen molar-refractivity contribution in [2.75, 3.05) is 7.11 Å². The molecule has 0 fully saturated rings. The van der Waals surface area contributed by atoms with E-state index in [1.54, 1.807) is 18.9 Å². The highest BCUT2D eigenvalue weighted by atomic mass is 79.9. The Hall–Kier alpha value is -1.79. The molecular weight excluding hydrogens is 362 g/mol. The van der Waals surface area contributed by atoms with Crippen LogP contribution in [0.3, 0.4) is 0 Å². The van der Waals surface area contributed by atoms with Crippen LogP contribution in [0.4, 0.5) is 0 Å². The lowest BCUT2D eigenvalue weighted by atomic mass is 10.2. The van der Waals surface area contributed by atoms with Crippen molar-refractivity contribution in [1.29, 1.82) is 0 Å². The Labute approximate surface area is 141 Å². The van der Waals surface area contributed by atoms with Gasteiger partial charge in [-0.15, -0.1) is 5.10 Å². The van der Waals surface area contributed by atoms with Gasteiger partial charge in [-0.1, -0.05) is 45.9 Å². The maximum absolute atomic E-state index is 5.15. The second-order valence-corrected chi connectivity index (χ2v) is 6.37. The van der Waals surface area contributed by atoms with E-state index in [1.165, 1.54) is 5.56 Å². The Morgan fingerprint density at radius 2 is 1.91 bits per heavy atom. The maximum atomic E-state index is 5.15. The molecule has 0 aliphatic rings. The lowest BCUT2D eigenvalue weighted by Crippen LogP contribution is -1.84. The molecule has 6 heteroatoms. The Morgan fingerprint density at radius 1 is 1.14 bits per heavy atom. The summed E-state index contributed by atoms with van der Waals surface area (Å²) in [5.41, 5.74) is 2.21. The van der Waals surface area contributed by atoms with E-state index in [1.807, 2.05) is 42.5 Å². The molecule has 0 unspecified atom stereocenters. The van der Waals surface area contributed by atoms with E-state index >= 15 is 0 Å². The third kappa shape index (κ3) is 3.51. The monoisotopic (exact) mass is 375 g/mol. The molecule has 1 heterocycles. The lowest BCUT2D eigenvalue weighted by Gasteiger charge is -2.01. The van der Waals surface area contributed by atoms with Crippen molar-refractivity contribution in [2.24, 2.45) is 0 Å². The largest absolute Gasteiger partial charge is 0.497 e. The van der Waals surface area contributed by atoms with Crippen LogP contribution in [0.2, 0.25) is 0 Å². The molecule has 3 aromatic rings. The van der Waals surface area contributed by atoms with E-state index in [4.69, 9.17) is 4.74 Å². The molecule has 0 atom stereocenters. The van der Waals surface area contributed by atoms with Crippen LogP contribution in [0.25, 0.3) is 11.4 Å². The summed E-state index contributed by atoms with van der Waals surface area (Å²) in [4.78, 5) is 4.52. The first-order valence-electron chi connectivity index (χ1n) is 6.69. The smallest absolute Gasteiger partial charge is 0.209 e. The Balaban J connectivity index is 1.69. The minimum atomic E-state index is 0.738. The van der Waals surface area contributed by atoms with Crippen LogP contribution in [0, 0.1) is 0 Å². The summed E-state index contributed by atoms with van der Waals surface area (Å²) in [5.74, 6) is 2.41. The molecule has 0 amide bonds. The van der Waals surface area contributed by atoms with Crippen LogP contribution in [0.1, 0.15) is 5.56 Å². The fraction of sp³-hybridized carbons (Fsp3) is 0.125. The molecule has 0 spiro atoms. The number of hydrogen-bond acceptors (Lipinski definition) is 4. The highest BCUT2D eigenvalue weighted by Gasteiger charge is 2.07. The van der Waals surface area contributed by atoms with Gasteiger partial charge in [0.1, 0.15) is 5.75 Å². The highest BCUT2D eigenvalue weighted by Crippen LogP contribution is 2.26. The van der Waals surface area contributed by atoms with E-state index < -0.39 is 0 Å². The van der Waals surface area contributed by atoms with E-state index in [2.05, 4.69) is 37.2 Å². The van der Waals surface area contributed by atoms with Crippen LogP contribution in [0.15, 0.2) is 58.2 Å². The third-order valence-corrected chi connectivity index (χ3v) is 4.81. The zero-order valence-corrected chi connectivity index (χ0v) is 14.3. The Morgan fingerprint density at radius 3 is 2.64 bits per heavy atom. The number of aromatic amines is 1. The highest BCUT2D eigenvalue weighted by molar-refractivity contribution is 9.10. The van der Waals surface area contributed by atoms with Crippen molar-refractivity contribution in [2.45, 2.75) is 10.9 Å². The van der Waals surface area contributed by atoms with Crippen molar-refractivity contribution in [1.82, 2.24) is 15.2 Å². The fourth-order valence-corrected chi connectivity index (χ4v) is 3.36. The van der Waals surface area contributed by atoms with E-state index in [0.717, 1.165) is 32.5 Å². The predicted octanol–water partition coefficient (Wildman–Crippen LogP) is 4.54. The Bertz CT molecular complexity index is 758. The molecule has 1 aromatic heterocycles. The van der Waals surface area contributed by atoms with Gasteiger partial charge in [-0.05, 0) is 35.9 Å². The van der Waals surface area contributed by atoms with Gasteiger partial charge in [0.15, 0.2) is 5.82 Å². The number of methoxy groups -OCH3 is 1. The number of halogens is 1. The van der Waals surface area contributed by atoms with E-state index in [0.29, 0.717) is 0 Å². The van der Waals surface area contributed by atoms with Gasteiger partial charge in [-0.2, -0.15) is 0 Å². The number of nitrogens with one attached hydrogen (secondary N) is 1. The summed E-state index contributed by atoms with van der Waals surface area (Å²) in [6, 6.07) is 15.9. The van der Waals surface area contributed by atoms with Crippen molar-refractivity contribution < 1.29 is 4.74 Å². The van der Waals surface area contributed by atoms with Crippen LogP contribution in [-0.2, 0) is 5.75 Å². The summed E-state index contributed by atoms with van der Waals surface area (Å²) >= 11 is 5.15. The molecule has 4 nitrogen and oxygen atoms in total. The molecule has 112 valence electrons. The summed E-state index contributed by atoms with van der Waals surface area (Å²) < 4.78 is 6.26. The topological polar surface area (TPSA) is 50.8 Å². The molecule has 0 aliphatic carbocycles. The first-order chi connectivity index (χ1) is 10.8. The number of hydrogen-bond donors (Lipinski definition) is 1. The molecule has 2 aromatic carbocycles. The summed E-state index contributed by atoms with van der Waals surface area (Å²) in [6.07, 6.45) is 0. The van der Waals surface area contributed by atoms with Crippen LogP contribution in [-0.4, -0.2) is 22.3 Å². The normalized spacial score (nSPS) is 10.6. The van der Waals surface area contributed by atoms with Gasteiger partial charge in [0.05, 0.1) is 7.11 Å². The summed E-state index contributed by atoms with van der Waals surface area (Å²) in [5, 5.41) is 7.97. The van der Waals surface area contributed by atoms with Gasteiger partial charge >= 0.3 is 0 Å². The number of nitrogens with zero attached hydrogens (tertiary/aromatic N) is 2. The van der Waals surface area contributed by atoms with Gasteiger partial charge in [0.25, 0.3) is 0 Å². The SMILES string of the molecule is COc1ccc(-c2nc(SCc3ccccc3Br)n[nH]2)cc1. The molecule has 0 radical (unpaired) electrons. The summed E-state index contributed by atoms with van der Waals surface area (Å²) in [7, 11) is 1.65. The minimum absolute atomic E-state index is 0.738. The fourth-order valence-electron chi connectivity index (χ4n) is 1.95. The van der Waals surface area contributed by atoms with Gasteiger partial charge in [0.2, 0.25) is 5.16 Å². The van der Waals surface area contributed by atoms with Crippen LogP contribution >= 0.6 is 27.7 Å². The molecule has 0 saturated heterocycles. The first kappa shape index (κ1) is 15.1. The molecule has 3 rings (SSSR count). The van der Waals surface area contributed by atoms with Crippen molar-refractivity contribution in [3.63, 3.8) is 0 Å². The zero-order chi connectivity index (χ0) is 15.4. The second-order valence-electron chi connectivity index (χ2n) is 4.58. The second kappa shape index (κ2) is 6.98. The van der Waals surface area contributed by atoms with Gasteiger partial charge in [-0.25, -0.2) is 4.98 Å². The molecular formula is C16H14BrN3OS. The molecule has 1 N–H and O–H groups in total. The third-order valence-electron chi connectivity index (χ3n) is 3.14. The van der Waals surface area contributed by atoms with Gasteiger partial charge < -0.3 is 4.74 Å². The van der Waals surface area contributed by atoms with E-state index in [9.17, 15) is 0 Å². The zero-order valence-electron chi connectivity index (χ0n) is 11.9. The number of rotatable bonds is 5. The number of benzene rings is 2. The molecule has 22 heavy (non-hydrogen) atoms. The number of ether oxygens (including phenoxy) is 1. The minimum Gasteiger partial charge on any atom is -0.497 e. The van der Waals surface area contributed by atoms with Crippen molar-refractivity contribution >= 4 is 27.7 Å². The molecule has 0 saturated carbocycles. The summed E-state index contributed by atoms with van der Waals surface area (Å²) in [6.45, 7) is 0. The van der Waals surface area contributed by atoms with Gasteiger partial charge in [0, 0.05) is 15.8 Å². The standard InChI is InChI=1S/C16H14BrN3OS/c1-21-13-8-6-11(7-9-13)15-18-16(20-19-15)22-10-12-4-2-3-5-14(12)17/h2-9H,10H2,1H3,(H,18,19,20). The van der Waals surface area contributed by atoms with Crippen LogP contribution in [0.5, 0.6) is 5.75 Å². The number of aromatic nitrogens is 3. The number of thioether (sulfide) groups is 1. The van der Waals surface area contributed by atoms with Crippen molar-refractivity contribution in [3.05, 3.63) is 58.6 Å². The van der Waals surface area contributed by atoms with Gasteiger partial charge in [-0.3, -0.25) is 5.10 Å². The average molecular weight is 376 g/mol. The van der Waals surface area contributed by atoms with Crippen molar-refractivity contribution in [3.8, 4) is 17.1 Å². The predicted molar refractivity (Wildman–Crippen MR) is 92.1 cm³/mol. The number of H-pyrrole nitrogens is 1. The quantitative estimate of drug-likeness (QED) is 0.665. The van der Waals surface area contributed by atoms with Crippen LogP contribution < -0.4 is 4.74 Å². The average Bonchev–Trinajstić information content (AvgIpc) is 3.03. The Kier molecular flexibility index (Phi) is 4.80. The first-order valence-corrected chi connectivity index (χ1v) is 8.47. The van der Waals surface area contributed by atoms with E-state index in [-0.39, 0.29) is 0 Å². The molecule has 0 aliphatic heterocycles. The molecule has 0 bridgehead atoms. The maximum Gasteiger partial charge on any atom is 0.209 e.